The van der Waals surface area contributed by atoms with Gasteiger partial charge in [0.05, 0.1) is 12.2 Å². The topological polar surface area (TPSA) is 76.3 Å². The first kappa shape index (κ1) is 15.6. The van der Waals surface area contributed by atoms with Gasteiger partial charge in [-0.2, -0.15) is 4.31 Å². The average molecular weight is 331 g/mol. The van der Waals surface area contributed by atoms with Crippen molar-refractivity contribution in [1.29, 1.82) is 0 Å². The molecule has 6 nitrogen and oxygen atoms in total. The fourth-order valence-electron chi connectivity index (χ4n) is 2.39. The van der Waals surface area contributed by atoms with Crippen LogP contribution in [0, 0.1) is 0 Å². The van der Waals surface area contributed by atoms with E-state index < -0.39 is 10.0 Å². The van der Waals surface area contributed by atoms with Crippen LogP contribution in [0.15, 0.2) is 53.2 Å². The van der Waals surface area contributed by atoms with Crippen LogP contribution in [0.3, 0.4) is 0 Å². The first-order chi connectivity index (χ1) is 11.1. The predicted octanol–water partition coefficient (Wildman–Crippen LogP) is 2.57. The van der Waals surface area contributed by atoms with Gasteiger partial charge in [0.15, 0.2) is 5.58 Å². The van der Waals surface area contributed by atoms with Gasteiger partial charge in [0, 0.05) is 18.1 Å². The zero-order valence-corrected chi connectivity index (χ0v) is 13.5. The number of nitrogens with zero attached hydrogens (tertiary/aromatic N) is 3. The summed E-state index contributed by atoms with van der Waals surface area (Å²) in [5.41, 5.74) is 1.73. The van der Waals surface area contributed by atoms with Gasteiger partial charge < -0.3 is 4.52 Å². The van der Waals surface area contributed by atoms with Gasteiger partial charge in [0.1, 0.15) is 11.4 Å². The largest absolute Gasteiger partial charge is 0.356 e. The van der Waals surface area contributed by atoms with Crippen LogP contribution in [0.4, 0.5) is 0 Å². The Balaban J connectivity index is 1.84. The molecule has 0 saturated carbocycles. The van der Waals surface area contributed by atoms with Crippen molar-refractivity contribution in [3.8, 4) is 0 Å². The maximum atomic E-state index is 12.7. The number of benzene rings is 1. The predicted molar refractivity (Wildman–Crippen MR) is 87.0 cm³/mol. The number of aromatic nitrogens is 2. The third-order valence-electron chi connectivity index (χ3n) is 3.58. The molecule has 2 heterocycles. The second kappa shape index (κ2) is 6.47. The Morgan fingerprint density at radius 3 is 2.65 bits per heavy atom. The minimum absolute atomic E-state index is 0.190. The summed E-state index contributed by atoms with van der Waals surface area (Å²) in [5.74, 6) is -0.190. The lowest BCUT2D eigenvalue weighted by atomic mass is 10.2. The van der Waals surface area contributed by atoms with E-state index in [1.807, 2.05) is 30.3 Å². The number of rotatable bonds is 6. The summed E-state index contributed by atoms with van der Waals surface area (Å²) in [6.07, 6.45) is 1.65. The highest BCUT2D eigenvalue weighted by Gasteiger charge is 2.24. The minimum Gasteiger partial charge on any atom is -0.356 e. The maximum Gasteiger partial charge on any atom is 0.220 e. The summed E-state index contributed by atoms with van der Waals surface area (Å²) in [6, 6.07) is 12.7. The number of hydrogen-bond donors (Lipinski definition) is 0. The van der Waals surface area contributed by atoms with Crippen LogP contribution in [-0.4, -0.2) is 29.4 Å². The first-order valence-corrected chi connectivity index (χ1v) is 8.92. The van der Waals surface area contributed by atoms with Gasteiger partial charge in [-0.25, -0.2) is 8.42 Å². The fourth-order valence-corrected chi connectivity index (χ4v) is 3.84. The molecule has 0 saturated heterocycles. The van der Waals surface area contributed by atoms with Crippen LogP contribution in [-0.2, 0) is 22.3 Å². The summed E-state index contributed by atoms with van der Waals surface area (Å²) in [7, 11) is -3.51. The van der Waals surface area contributed by atoms with Crippen LogP contribution in [0.2, 0.25) is 0 Å². The molecule has 0 N–H and O–H groups in total. The molecular formula is C16H17N3O3S. The van der Waals surface area contributed by atoms with Gasteiger partial charge in [-0.1, -0.05) is 30.3 Å². The van der Waals surface area contributed by atoms with Gasteiger partial charge in [-0.05, 0) is 24.3 Å². The Hall–Kier alpha value is -2.25. The second-order valence-corrected chi connectivity index (χ2v) is 7.10. The molecule has 0 atom stereocenters. The van der Waals surface area contributed by atoms with Gasteiger partial charge in [0.25, 0.3) is 0 Å². The lowest BCUT2D eigenvalue weighted by Crippen LogP contribution is -2.32. The molecule has 3 aromatic rings. The number of fused-ring (bicyclic) bond motifs is 1. The standard InChI is InChI=1S/C16H17N3O3S/c1-2-19(11-13-7-5-6-10-17-13)23(20,21)12-15-14-8-3-4-9-16(14)22-18-15/h3-10H,2,11-12H2,1H3. The third-order valence-corrected chi connectivity index (χ3v) is 5.39. The molecule has 0 fully saturated rings. The monoisotopic (exact) mass is 331 g/mol. The average Bonchev–Trinajstić information content (AvgIpc) is 2.96. The summed E-state index contributed by atoms with van der Waals surface area (Å²) < 4.78 is 32.0. The molecule has 0 bridgehead atoms. The molecular weight excluding hydrogens is 314 g/mol. The molecule has 3 rings (SSSR count). The van der Waals surface area contributed by atoms with Crippen LogP contribution in [0.25, 0.3) is 11.0 Å². The Kier molecular flexibility index (Phi) is 4.40. The molecule has 0 aliphatic rings. The first-order valence-electron chi connectivity index (χ1n) is 7.31. The molecule has 23 heavy (non-hydrogen) atoms. The number of para-hydroxylation sites is 1. The van der Waals surface area contributed by atoms with E-state index in [2.05, 4.69) is 10.1 Å². The quantitative estimate of drug-likeness (QED) is 0.694. The van der Waals surface area contributed by atoms with E-state index in [1.165, 1.54) is 4.31 Å². The van der Waals surface area contributed by atoms with Crippen molar-refractivity contribution in [2.24, 2.45) is 0 Å². The van der Waals surface area contributed by atoms with Crippen molar-refractivity contribution < 1.29 is 12.9 Å². The summed E-state index contributed by atoms with van der Waals surface area (Å²) in [6.45, 7) is 2.42. The van der Waals surface area contributed by atoms with E-state index in [0.29, 0.717) is 23.5 Å². The lowest BCUT2D eigenvalue weighted by molar-refractivity contribution is 0.414. The van der Waals surface area contributed by atoms with Crippen LogP contribution in [0.1, 0.15) is 18.3 Å². The molecule has 0 aliphatic carbocycles. The van der Waals surface area contributed by atoms with Crippen molar-refractivity contribution in [1.82, 2.24) is 14.4 Å². The molecule has 1 aromatic carbocycles. The minimum atomic E-state index is -3.51. The van der Waals surface area contributed by atoms with Gasteiger partial charge >= 0.3 is 0 Å². The van der Waals surface area contributed by atoms with E-state index in [0.717, 1.165) is 5.39 Å². The van der Waals surface area contributed by atoms with Gasteiger partial charge in [-0.3, -0.25) is 4.98 Å². The van der Waals surface area contributed by atoms with E-state index in [4.69, 9.17) is 4.52 Å². The molecule has 120 valence electrons. The number of pyridine rings is 1. The molecule has 2 aromatic heterocycles. The molecule has 0 radical (unpaired) electrons. The molecule has 7 heteroatoms. The summed E-state index contributed by atoms with van der Waals surface area (Å²) in [5, 5.41) is 4.63. The van der Waals surface area contributed by atoms with E-state index in [9.17, 15) is 8.42 Å². The number of hydrogen-bond acceptors (Lipinski definition) is 5. The Labute approximate surface area is 134 Å². The molecule has 0 aliphatic heterocycles. The van der Waals surface area contributed by atoms with Crippen molar-refractivity contribution >= 4 is 21.0 Å². The van der Waals surface area contributed by atoms with E-state index in [-0.39, 0.29) is 12.3 Å². The van der Waals surface area contributed by atoms with Crippen molar-refractivity contribution in [3.63, 3.8) is 0 Å². The highest BCUT2D eigenvalue weighted by atomic mass is 32.2. The normalized spacial score (nSPS) is 12.1. The zero-order valence-electron chi connectivity index (χ0n) is 12.7. The van der Waals surface area contributed by atoms with Gasteiger partial charge in [0.2, 0.25) is 10.0 Å². The fraction of sp³-hybridized carbons (Fsp3) is 0.250. The SMILES string of the molecule is CCN(Cc1ccccn1)S(=O)(=O)Cc1noc2ccccc12. The Bertz CT molecular complexity index is 891. The highest BCUT2D eigenvalue weighted by molar-refractivity contribution is 7.88. The van der Waals surface area contributed by atoms with Crippen LogP contribution < -0.4 is 0 Å². The number of sulfonamides is 1. The van der Waals surface area contributed by atoms with Crippen molar-refractivity contribution in [3.05, 3.63) is 60.0 Å². The highest BCUT2D eigenvalue weighted by Crippen LogP contribution is 2.21. The van der Waals surface area contributed by atoms with Gasteiger partial charge in [-0.15, -0.1) is 0 Å². The summed E-state index contributed by atoms with van der Waals surface area (Å²) >= 11 is 0. The van der Waals surface area contributed by atoms with Crippen LogP contribution in [0.5, 0.6) is 0 Å². The second-order valence-electron chi connectivity index (χ2n) is 5.13. The van der Waals surface area contributed by atoms with Crippen molar-refractivity contribution in [2.45, 2.75) is 19.2 Å². The summed E-state index contributed by atoms with van der Waals surface area (Å²) in [4.78, 5) is 4.19. The maximum absolute atomic E-state index is 12.7. The van der Waals surface area contributed by atoms with E-state index >= 15 is 0 Å². The lowest BCUT2D eigenvalue weighted by Gasteiger charge is -2.19. The van der Waals surface area contributed by atoms with Crippen LogP contribution >= 0.6 is 0 Å². The third kappa shape index (κ3) is 3.40. The zero-order chi connectivity index (χ0) is 16.3. The van der Waals surface area contributed by atoms with Crippen molar-refractivity contribution in [2.75, 3.05) is 6.54 Å². The smallest absolute Gasteiger partial charge is 0.220 e. The molecule has 0 unspecified atom stereocenters. The Morgan fingerprint density at radius 2 is 1.91 bits per heavy atom. The van der Waals surface area contributed by atoms with E-state index in [1.54, 1.807) is 25.3 Å². The molecule has 0 spiro atoms. The Morgan fingerprint density at radius 1 is 1.13 bits per heavy atom. The molecule has 0 amide bonds.